The lowest BCUT2D eigenvalue weighted by Crippen LogP contribution is -2.34. The number of amides is 1. The standard InChI is InChI=1S/C28H32F2N4O3/c1-31-21-14-22-24(26(35)34-13-12-20(18-34)27(36)37)23(33(2)25(22)32-17-21)11-9-7-5-3-4-6-8-10-19-15-28(29,30)16-19/h14,17,19-20H,3-7,9,11-13,15-16,18H2,2H3,(H,36,37)/t20-/m0/s1. The van der Waals surface area contributed by atoms with E-state index in [2.05, 4.69) is 21.7 Å². The number of pyridine rings is 1. The van der Waals surface area contributed by atoms with E-state index >= 15 is 0 Å². The minimum absolute atomic E-state index is 0.106. The van der Waals surface area contributed by atoms with Gasteiger partial charge in [0.1, 0.15) is 5.65 Å². The Morgan fingerprint density at radius 2 is 1.97 bits per heavy atom. The number of alkyl halides is 2. The molecule has 2 aromatic rings. The van der Waals surface area contributed by atoms with Gasteiger partial charge < -0.3 is 14.6 Å². The van der Waals surface area contributed by atoms with Crippen molar-refractivity contribution in [2.75, 3.05) is 13.1 Å². The fourth-order valence-corrected chi connectivity index (χ4v) is 5.26. The Balaban J connectivity index is 1.36. The molecular formula is C28H32F2N4O3. The number of halogens is 2. The molecule has 2 aromatic heterocycles. The van der Waals surface area contributed by atoms with Crippen molar-refractivity contribution >= 4 is 28.6 Å². The number of rotatable bonds is 9. The summed E-state index contributed by atoms with van der Waals surface area (Å²) in [7, 11) is 1.87. The normalized spacial score (nSPS) is 18.8. The highest BCUT2D eigenvalue weighted by molar-refractivity contribution is 6.08. The lowest BCUT2D eigenvalue weighted by molar-refractivity contribution is -0.141. The maximum atomic E-state index is 13.6. The van der Waals surface area contributed by atoms with Gasteiger partial charge in [0.05, 0.1) is 18.1 Å². The molecule has 37 heavy (non-hydrogen) atoms. The number of aliphatic carboxylic acids is 1. The number of carbonyl (C=O) groups is 2. The predicted octanol–water partition coefficient (Wildman–Crippen LogP) is 5.60. The average molecular weight is 511 g/mol. The van der Waals surface area contributed by atoms with Gasteiger partial charge in [0, 0.05) is 62.6 Å². The van der Waals surface area contributed by atoms with Crippen molar-refractivity contribution in [1.82, 2.24) is 14.5 Å². The third-order valence-electron chi connectivity index (χ3n) is 7.41. The van der Waals surface area contributed by atoms with Gasteiger partial charge in [-0.3, -0.25) is 9.59 Å². The first-order chi connectivity index (χ1) is 17.7. The summed E-state index contributed by atoms with van der Waals surface area (Å²) in [4.78, 5) is 34.5. The molecule has 2 aliphatic rings. The van der Waals surface area contributed by atoms with E-state index in [9.17, 15) is 23.5 Å². The lowest BCUT2D eigenvalue weighted by atomic mass is 9.82. The maximum absolute atomic E-state index is 13.6. The first kappa shape index (κ1) is 26.6. The molecule has 3 heterocycles. The second kappa shape index (κ2) is 11.3. The van der Waals surface area contributed by atoms with Gasteiger partial charge in [-0.05, 0) is 31.7 Å². The number of hydrogen-bond acceptors (Lipinski definition) is 3. The van der Waals surface area contributed by atoms with Crippen molar-refractivity contribution in [3.05, 3.63) is 34.9 Å². The van der Waals surface area contributed by atoms with Crippen LogP contribution in [0.4, 0.5) is 14.5 Å². The van der Waals surface area contributed by atoms with E-state index in [1.165, 1.54) is 6.20 Å². The van der Waals surface area contributed by atoms with Crippen molar-refractivity contribution in [2.45, 2.75) is 70.1 Å². The zero-order valence-electron chi connectivity index (χ0n) is 21.1. The molecule has 1 saturated heterocycles. The fourth-order valence-electron chi connectivity index (χ4n) is 5.26. The largest absolute Gasteiger partial charge is 0.481 e. The summed E-state index contributed by atoms with van der Waals surface area (Å²) in [6, 6.07) is 1.70. The van der Waals surface area contributed by atoms with Crippen molar-refractivity contribution in [2.24, 2.45) is 18.9 Å². The zero-order chi connectivity index (χ0) is 26.6. The van der Waals surface area contributed by atoms with E-state index in [0.717, 1.165) is 44.2 Å². The third-order valence-corrected chi connectivity index (χ3v) is 7.41. The van der Waals surface area contributed by atoms with Crippen molar-refractivity contribution < 1.29 is 23.5 Å². The third kappa shape index (κ3) is 6.10. The molecule has 0 aromatic carbocycles. The highest BCUT2D eigenvalue weighted by atomic mass is 19.3. The van der Waals surface area contributed by atoms with Crippen LogP contribution in [0.3, 0.4) is 0 Å². The molecule has 7 nitrogen and oxygen atoms in total. The quantitative estimate of drug-likeness (QED) is 0.270. The minimum atomic E-state index is -2.52. The average Bonchev–Trinajstić information content (AvgIpc) is 3.45. The summed E-state index contributed by atoms with van der Waals surface area (Å²) in [6.07, 6.45) is 7.95. The van der Waals surface area contributed by atoms with Gasteiger partial charge in [0.15, 0.2) is 0 Å². The second-order valence-electron chi connectivity index (χ2n) is 10.2. The Labute approximate surface area is 215 Å². The van der Waals surface area contributed by atoms with Crippen molar-refractivity contribution in [3.8, 4) is 11.8 Å². The number of carboxylic acids is 1. The molecule has 1 aliphatic carbocycles. The molecular weight excluding hydrogens is 478 g/mol. The van der Waals surface area contributed by atoms with Gasteiger partial charge in [-0.1, -0.05) is 25.2 Å². The molecule has 9 heteroatoms. The first-order valence-electron chi connectivity index (χ1n) is 12.9. The van der Waals surface area contributed by atoms with Crippen molar-refractivity contribution in [1.29, 1.82) is 0 Å². The van der Waals surface area contributed by atoms with Crippen molar-refractivity contribution in [3.63, 3.8) is 0 Å². The summed E-state index contributed by atoms with van der Waals surface area (Å²) in [5, 5.41) is 9.99. The van der Waals surface area contributed by atoms with Gasteiger partial charge in [-0.25, -0.2) is 18.6 Å². The summed E-state index contributed by atoms with van der Waals surface area (Å²) in [6.45, 7) is 7.93. The van der Waals surface area contributed by atoms with E-state index in [4.69, 9.17) is 6.57 Å². The van der Waals surface area contributed by atoms with Gasteiger partial charge >= 0.3 is 5.97 Å². The van der Waals surface area contributed by atoms with Crippen LogP contribution in [0.5, 0.6) is 0 Å². The Bertz CT molecular complexity index is 1280. The molecule has 1 amide bonds. The molecule has 196 valence electrons. The van der Waals surface area contributed by atoms with E-state index in [1.807, 2.05) is 11.6 Å². The van der Waals surface area contributed by atoms with Gasteiger partial charge in [0.2, 0.25) is 5.69 Å². The maximum Gasteiger partial charge on any atom is 0.308 e. The molecule has 1 atom stereocenters. The number of carbonyl (C=O) groups excluding carboxylic acids is 1. The van der Waals surface area contributed by atoms with Crippen LogP contribution in [0.1, 0.15) is 73.8 Å². The Hall–Kier alpha value is -3.46. The molecule has 1 saturated carbocycles. The Kier molecular flexibility index (Phi) is 8.12. The number of fused-ring (bicyclic) bond motifs is 1. The Morgan fingerprint density at radius 1 is 1.24 bits per heavy atom. The van der Waals surface area contributed by atoms with Crippen LogP contribution in [0.25, 0.3) is 15.9 Å². The summed E-state index contributed by atoms with van der Waals surface area (Å²) < 4.78 is 27.6. The molecule has 1 N–H and O–H groups in total. The summed E-state index contributed by atoms with van der Waals surface area (Å²) in [5.41, 5.74) is 2.38. The number of aryl methyl sites for hydroxylation is 1. The van der Waals surface area contributed by atoms with Crippen LogP contribution in [0.15, 0.2) is 12.3 Å². The number of unbranched alkanes of at least 4 members (excludes halogenated alkanes) is 5. The molecule has 0 spiro atoms. The monoisotopic (exact) mass is 510 g/mol. The molecule has 4 rings (SSSR count). The van der Waals surface area contributed by atoms with Crippen LogP contribution in [0, 0.1) is 30.2 Å². The van der Waals surface area contributed by atoms with Crippen LogP contribution < -0.4 is 0 Å². The molecule has 0 unspecified atom stereocenters. The topological polar surface area (TPSA) is 79.8 Å². The van der Waals surface area contributed by atoms with Gasteiger partial charge in [0.25, 0.3) is 11.8 Å². The van der Waals surface area contributed by atoms with E-state index in [-0.39, 0.29) is 31.2 Å². The van der Waals surface area contributed by atoms with E-state index in [0.29, 0.717) is 41.7 Å². The number of nitrogens with zero attached hydrogens (tertiary/aromatic N) is 4. The minimum Gasteiger partial charge on any atom is -0.481 e. The number of likely N-dealkylation sites (tertiary alicyclic amines) is 1. The first-order valence-corrected chi connectivity index (χ1v) is 12.9. The van der Waals surface area contributed by atoms with Gasteiger partial charge in [-0.15, -0.1) is 5.92 Å². The fraction of sp³-hybridized carbons (Fsp3) is 0.571. The van der Waals surface area contributed by atoms with Crippen LogP contribution in [-0.4, -0.2) is 50.4 Å². The molecule has 0 bridgehead atoms. The number of hydrogen-bond donors (Lipinski definition) is 1. The predicted molar refractivity (Wildman–Crippen MR) is 135 cm³/mol. The highest BCUT2D eigenvalue weighted by Gasteiger charge is 2.44. The zero-order valence-corrected chi connectivity index (χ0v) is 21.1. The summed E-state index contributed by atoms with van der Waals surface area (Å²) in [5.74, 6) is 1.68. The Morgan fingerprint density at radius 3 is 2.65 bits per heavy atom. The van der Waals surface area contributed by atoms with E-state index < -0.39 is 17.8 Å². The highest BCUT2D eigenvalue weighted by Crippen LogP contribution is 2.41. The number of aromatic nitrogens is 2. The SMILES string of the molecule is [C-]#[N+]c1cnc2c(c1)c(C(=O)N1CC[C@H](C(=O)O)C1)c(CCCCCCCC#CC1CC(F)(F)C1)n2C. The molecule has 2 fully saturated rings. The lowest BCUT2D eigenvalue weighted by Gasteiger charge is -2.31. The van der Waals surface area contributed by atoms with Crippen LogP contribution in [0.2, 0.25) is 0 Å². The summed E-state index contributed by atoms with van der Waals surface area (Å²) >= 11 is 0. The smallest absolute Gasteiger partial charge is 0.308 e. The van der Waals surface area contributed by atoms with Crippen LogP contribution in [-0.2, 0) is 18.3 Å². The van der Waals surface area contributed by atoms with Crippen LogP contribution >= 0.6 is 0 Å². The van der Waals surface area contributed by atoms with E-state index in [1.54, 1.807) is 11.0 Å². The number of carboxylic acid groups (broad SMARTS) is 1. The van der Waals surface area contributed by atoms with Gasteiger partial charge in [-0.2, -0.15) is 0 Å². The molecule has 1 aliphatic heterocycles. The molecule has 0 radical (unpaired) electrons. The second-order valence-corrected chi connectivity index (χ2v) is 10.2.